The molecular weight excluding hydrogens is 980 g/mol. The Morgan fingerprint density at radius 3 is 1.29 bits per heavy atom. The maximum Gasteiger partial charge on any atom is 0.337 e. The topological polar surface area (TPSA) is 214 Å². The molecule has 9 rings (SSSR count). The maximum atomic E-state index is 13.3. The highest BCUT2D eigenvalue weighted by Gasteiger charge is 2.14. The van der Waals surface area contributed by atoms with E-state index in [4.69, 9.17) is 14.2 Å². The van der Waals surface area contributed by atoms with Crippen LogP contribution >= 0.6 is 0 Å². The van der Waals surface area contributed by atoms with Crippen LogP contribution in [0, 0.1) is 12.7 Å². The Morgan fingerprint density at radius 2 is 0.857 bits per heavy atom. The standard InChI is InChI=1S/C21H20N2O3.C20H17FN2O3.C20H18N2O3/c1-3-26-17-8-6-7-15(12-17)20-14(2)11-16(13-22-20)23-19-10-5-4-9-18(19)21(24)25;1-2-26-16-5-3-4-13(10-16)18-9-7-15(12-22-18)23-19-8-6-14(21)11-17(19)20(24)25;1-2-25-16-7-5-6-14(12-16)18-11-10-15(13-21-18)22-19-9-4-3-8-17(19)20(23)24/h4-13,23H,3H2,1-2H3,(H,24,25);3-12,23H,2H2,1H3,(H,24,25);3-13,22H,2H2,1H3,(H,23,24). The third-order valence-electron chi connectivity index (χ3n) is 11.3. The highest BCUT2D eigenvalue weighted by Crippen LogP contribution is 2.30. The van der Waals surface area contributed by atoms with Crippen molar-refractivity contribution in [2.24, 2.45) is 0 Å². The van der Waals surface area contributed by atoms with Crippen molar-refractivity contribution in [2.75, 3.05) is 35.8 Å². The summed E-state index contributed by atoms with van der Waals surface area (Å²) in [6, 6.07) is 49.6. The van der Waals surface area contributed by atoms with Gasteiger partial charge < -0.3 is 45.5 Å². The Hall–Kier alpha value is -10.1. The molecule has 0 unspecified atom stereocenters. The van der Waals surface area contributed by atoms with E-state index in [1.807, 2.05) is 125 Å². The van der Waals surface area contributed by atoms with Crippen molar-refractivity contribution in [2.45, 2.75) is 27.7 Å². The molecule has 0 atom stereocenters. The summed E-state index contributed by atoms with van der Waals surface area (Å²) in [5.74, 6) is -1.36. The average Bonchev–Trinajstić information content (AvgIpc) is 3.43. The number of halogens is 1. The van der Waals surface area contributed by atoms with Gasteiger partial charge in [0.1, 0.15) is 23.1 Å². The first-order chi connectivity index (χ1) is 37.3. The number of hydrogen-bond donors (Lipinski definition) is 6. The van der Waals surface area contributed by atoms with E-state index in [2.05, 4.69) is 30.9 Å². The van der Waals surface area contributed by atoms with Gasteiger partial charge in [-0.05, 0) is 142 Å². The molecule has 0 spiro atoms. The molecule has 0 fully saturated rings. The highest BCUT2D eigenvalue weighted by atomic mass is 19.1. The number of hydrogen-bond acceptors (Lipinski definition) is 12. The van der Waals surface area contributed by atoms with Crippen LogP contribution in [0.15, 0.2) is 188 Å². The molecule has 6 N–H and O–H groups in total. The van der Waals surface area contributed by atoms with Gasteiger partial charge in [0.2, 0.25) is 0 Å². The van der Waals surface area contributed by atoms with E-state index in [0.29, 0.717) is 42.6 Å². The molecule has 0 aliphatic heterocycles. The zero-order chi connectivity index (χ0) is 54.7. The van der Waals surface area contributed by atoms with Gasteiger partial charge in [-0.25, -0.2) is 18.8 Å². The number of anilines is 6. The molecule has 16 heteroatoms. The smallest absolute Gasteiger partial charge is 0.337 e. The number of aromatic carboxylic acids is 3. The fourth-order valence-electron chi connectivity index (χ4n) is 7.77. The van der Waals surface area contributed by atoms with Crippen LogP contribution in [-0.4, -0.2) is 68.0 Å². The minimum atomic E-state index is -1.20. The van der Waals surface area contributed by atoms with Gasteiger partial charge >= 0.3 is 17.9 Å². The van der Waals surface area contributed by atoms with Crippen molar-refractivity contribution >= 4 is 52.0 Å². The number of rotatable bonds is 18. The number of aromatic nitrogens is 3. The average molecular weight is 1040 g/mol. The molecule has 0 aliphatic carbocycles. The van der Waals surface area contributed by atoms with Crippen LogP contribution in [-0.2, 0) is 0 Å². The lowest BCUT2D eigenvalue weighted by Gasteiger charge is -2.12. The van der Waals surface area contributed by atoms with E-state index >= 15 is 0 Å². The van der Waals surface area contributed by atoms with Gasteiger partial charge in [0.15, 0.2) is 0 Å². The van der Waals surface area contributed by atoms with Gasteiger partial charge in [-0.3, -0.25) is 15.0 Å². The first kappa shape index (κ1) is 54.7. The lowest BCUT2D eigenvalue weighted by atomic mass is 10.1. The Labute approximate surface area is 444 Å². The molecule has 0 bridgehead atoms. The van der Waals surface area contributed by atoms with E-state index in [-0.39, 0.29) is 16.7 Å². The van der Waals surface area contributed by atoms with Crippen LogP contribution in [0.2, 0.25) is 0 Å². The van der Waals surface area contributed by atoms with Crippen molar-refractivity contribution in [1.82, 2.24) is 15.0 Å². The molecule has 0 saturated carbocycles. The van der Waals surface area contributed by atoms with Gasteiger partial charge in [-0.15, -0.1) is 0 Å². The zero-order valence-corrected chi connectivity index (χ0v) is 42.5. The Kier molecular flexibility index (Phi) is 19.0. The number of pyridine rings is 3. The molecular formula is C61H55FN6O9. The molecule has 0 radical (unpaired) electrons. The van der Waals surface area contributed by atoms with Crippen LogP contribution in [0.4, 0.5) is 38.5 Å². The number of nitrogens with one attached hydrogen (secondary N) is 3. The molecule has 6 aromatic carbocycles. The minimum Gasteiger partial charge on any atom is -0.494 e. The normalized spacial score (nSPS) is 10.4. The summed E-state index contributed by atoms with van der Waals surface area (Å²) in [6.07, 6.45) is 4.98. The molecule has 0 saturated heterocycles. The summed E-state index contributed by atoms with van der Waals surface area (Å²) in [7, 11) is 0. The van der Waals surface area contributed by atoms with Crippen LogP contribution < -0.4 is 30.2 Å². The van der Waals surface area contributed by atoms with E-state index < -0.39 is 23.7 Å². The van der Waals surface area contributed by atoms with Gasteiger partial charge in [-0.2, -0.15) is 0 Å². The van der Waals surface area contributed by atoms with E-state index in [1.165, 1.54) is 12.1 Å². The summed E-state index contributed by atoms with van der Waals surface area (Å²) < 4.78 is 29.8. The van der Waals surface area contributed by atoms with Crippen molar-refractivity contribution in [1.29, 1.82) is 0 Å². The number of aryl methyl sites for hydroxylation is 1. The summed E-state index contributed by atoms with van der Waals surface area (Å²) in [4.78, 5) is 47.3. The zero-order valence-electron chi connectivity index (χ0n) is 42.5. The number of carbonyl (C=O) groups is 3. The van der Waals surface area contributed by atoms with Crippen molar-refractivity contribution in [3.05, 3.63) is 217 Å². The summed E-state index contributed by atoms with van der Waals surface area (Å²) in [5, 5.41) is 36.9. The van der Waals surface area contributed by atoms with E-state index in [9.17, 15) is 34.1 Å². The van der Waals surface area contributed by atoms with E-state index in [1.54, 1.807) is 73.2 Å². The van der Waals surface area contributed by atoms with Crippen molar-refractivity contribution in [3.8, 4) is 51.0 Å². The fourth-order valence-corrected chi connectivity index (χ4v) is 7.77. The lowest BCUT2D eigenvalue weighted by Crippen LogP contribution is -2.03. The SMILES string of the molecule is CCOc1cccc(-c2ccc(Nc3ccc(F)cc3C(=O)O)cn2)c1.CCOc1cccc(-c2ccc(Nc3ccccc3C(=O)O)cn2)c1.CCOc1cccc(-c2ncc(Nc3ccccc3C(=O)O)cc2C)c1. The monoisotopic (exact) mass is 1030 g/mol. The van der Waals surface area contributed by atoms with Gasteiger partial charge in [0.25, 0.3) is 0 Å². The van der Waals surface area contributed by atoms with Crippen LogP contribution in [0.1, 0.15) is 57.4 Å². The quantitative estimate of drug-likeness (QED) is 0.0471. The summed E-state index contributed by atoms with van der Waals surface area (Å²) in [6.45, 7) is 9.61. The van der Waals surface area contributed by atoms with Gasteiger partial charge in [0.05, 0.1) is 106 Å². The number of benzene rings is 6. The number of para-hydroxylation sites is 2. The number of ether oxygens (including phenoxy) is 3. The predicted octanol–water partition coefficient (Wildman–Crippen LogP) is 14.2. The van der Waals surface area contributed by atoms with Gasteiger partial charge in [0, 0.05) is 16.7 Å². The highest BCUT2D eigenvalue weighted by molar-refractivity contribution is 5.96. The van der Waals surface area contributed by atoms with Crippen LogP contribution in [0.5, 0.6) is 17.2 Å². The first-order valence-electron chi connectivity index (χ1n) is 24.4. The fraction of sp³-hybridized carbons (Fsp3) is 0.115. The summed E-state index contributed by atoms with van der Waals surface area (Å²) >= 11 is 0. The largest absolute Gasteiger partial charge is 0.494 e. The number of carboxylic acid groups (broad SMARTS) is 3. The molecule has 0 aliphatic rings. The maximum absolute atomic E-state index is 13.3. The molecule has 77 heavy (non-hydrogen) atoms. The number of nitrogens with zero attached hydrogens (tertiary/aromatic N) is 3. The Bertz CT molecular complexity index is 3470. The second-order valence-electron chi connectivity index (χ2n) is 16.7. The van der Waals surface area contributed by atoms with Gasteiger partial charge in [-0.1, -0.05) is 60.7 Å². The van der Waals surface area contributed by atoms with E-state index in [0.717, 1.165) is 74.0 Å². The Morgan fingerprint density at radius 1 is 0.442 bits per heavy atom. The third-order valence-corrected chi connectivity index (χ3v) is 11.3. The third kappa shape index (κ3) is 15.2. The summed E-state index contributed by atoms with van der Waals surface area (Å²) in [5.41, 5.74) is 10.00. The second kappa shape index (κ2) is 26.7. The Balaban J connectivity index is 0.000000168. The second-order valence-corrected chi connectivity index (χ2v) is 16.7. The molecule has 390 valence electrons. The van der Waals surface area contributed by atoms with Crippen LogP contribution in [0.25, 0.3) is 33.8 Å². The molecule has 9 aromatic rings. The van der Waals surface area contributed by atoms with Crippen molar-refractivity contribution in [3.63, 3.8) is 0 Å². The van der Waals surface area contributed by atoms with Crippen molar-refractivity contribution < 1.29 is 48.3 Å². The van der Waals surface area contributed by atoms with Crippen LogP contribution in [0.3, 0.4) is 0 Å². The molecule has 3 heterocycles. The number of carboxylic acids is 3. The first-order valence-corrected chi connectivity index (χ1v) is 24.4. The lowest BCUT2D eigenvalue weighted by molar-refractivity contribution is 0.0686. The molecule has 0 amide bonds. The minimum absolute atomic E-state index is 0.140. The molecule has 15 nitrogen and oxygen atoms in total. The molecule has 3 aromatic heterocycles. The predicted molar refractivity (Wildman–Crippen MR) is 297 cm³/mol.